The molecular formula is C12H16N2O2. The molecule has 0 aromatic heterocycles. The number of carbonyl (C=O) groups excluding carboxylic acids is 2. The lowest BCUT2D eigenvalue weighted by Gasteiger charge is -2.04. The Bertz CT molecular complexity index is 349. The number of likely N-dealkylation sites (N-methyl/N-ethyl adjacent to an activating group) is 1. The van der Waals surface area contributed by atoms with Crippen LogP contribution in [0, 0.1) is 0 Å². The lowest BCUT2D eigenvalue weighted by Crippen LogP contribution is -2.40. The maximum atomic E-state index is 11.2. The number of rotatable bonds is 4. The van der Waals surface area contributed by atoms with Crippen molar-refractivity contribution in [2.45, 2.75) is 13.3 Å². The van der Waals surface area contributed by atoms with Crippen molar-refractivity contribution in [3.63, 3.8) is 0 Å². The van der Waals surface area contributed by atoms with Gasteiger partial charge in [0.25, 0.3) is 0 Å². The molecule has 0 aliphatic carbocycles. The van der Waals surface area contributed by atoms with Gasteiger partial charge in [0, 0.05) is 13.1 Å². The van der Waals surface area contributed by atoms with Crippen molar-refractivity contribution >= 4 is 11.8 Å². The molecule has 0 spiro atoms. The van der Waals surface area contributed by atoms with Crippen molar-refractivity contribution in [2.75, 3.05) is 13.1 Å². The van der Waals surface area contributed by atoms with E-state index in [0.29, 0.717) is 13.1 Å². The summed E-state index contributed by atoms with van der Waals surface area (Å²) in [6.07, 6.45) is 0.728. The third kappa shape index (κ3) is 4.13. The van der Waals surface area contributed by atoms with Gasteiger partial charge in [-0.3, -0.25) is 9.59 Å². The van der Waals surface area contributed by atoms with Crippen molar-refractivity contribution in [2.24, 2.45) is 0 Å². The molecule has 4 nitrogen and oxygen atoms in total. The summed E-state index contributed by atoms with van der Waals surface area (Å²) in [5, 5.41) is 5.01. The van der Waals surface area contributed by atoms with E-state index < -0.39 is 11.8 Å². The van der Waals surface area contributed by atoms with Gasteiger partial charge in [-0.2, -0.15) is 0 Å². The molecule has 0 fully saturated rings. The summed E-state index contributed by atoms with van der Waals surface area (Å²) in [6.45, 7) is 2.71. The second-order valence-corrected chi connectivity index (χ2v) is 3.35. The van der Waals surface area contributed by atoms with Crippen LogP contribution in [-0.2, 0) is 16.0 Å². The van der Waals surface area contributed by atoms with E-state index in [1.807, 2.05) is 30.3 Å². The molecule has 0 bridgehead atoms. The molecule has 0 radical (unpaired) electrons. The van der Waals surface area contributed by atoms with Crippen LogP contribution in [0.15, 0.2) is 30.3 Å². The first-order chi connectivity index (χ1) is 7.74. The lowest BCUT2D eigenvalue weighted by atomic mass is 10.1. The minimum atomic E-state index is -0.574. The van der Waals surface area contributed by atoms with Gasteiger partial charge in [-0.05, 0) is 18.9 Å². The number of nitrogens with one attached hydrogen (secondary N) is 2. The van der Waals surface area contributed by atoms with Crippen molar-refractivity contribution in [1.82, 2.24) is 10.6 Å². The summed E-state index contributed by atoms with van der Waals surface area (Å²) < 4.78 is 0. The zero-order valence-electron chi connectivity index (χ0n) is 9.32. The second kappa shape index (κ2) is 6.61. The van der Waals surface area contributed by atoms with Gasteiger partial charge in [0.1, 0.15) is 0 Å². The smallest absolute Gasteiger partial charge is 0.309 e. The highest BCUT2D eigenvalue weighted by atomic mass is 16.2. The van der Waals surface area contributed by atoms with E-state index in [-0.39, 0.29) is 0 Å². The SMILES string of the molecule is CCNC(=O)C(=O)NCCc1ccccc1. The number of benzene rings is 1. The van der Waals surface area contributed by atoms with Gasteiger partial charge >= 0.3 is 11.8 Å². The van der Waals surface area contributed by atoms with Gasteiger partial charge in [0.15, 0.2) is 0 Å². The molecule has 1 aromatic carbocycles. The average molecular weight is 220 g/mol. The molecule has 0 saturated carbocycles. The van der Waals surface area contributed by atoms with E-state index >= 15 is 0 Å². The minimum Gasteiger partial charge on any atom is -0.348 e. The van der Waals surface area contributed by atoms with Crippen molar-refractivity contribution in [3.8, 4) is 0 Å². The molecule has 0 aliphatic rings. The monoisotopic (exact) mass is 220 g/mol. The highest BCUT2D eigenvalue weighted by Crippen LogP contribution is 1.97. The fourth-order valence-corrected chi connectivity index (χ4v) is 1.29. The maximum Gasteiger partial charge on any atom is 0.309 e. The van der Waals surface area contributed by atoms with Crippen LogP contribution in [0.1, 0.15) is 12.5 Å². The van der Waals surface area contributed by atoms with Crippen LogP contribution < -0.4 is 10.6 Å². The first-order valence-electron chi connectivity index (χ1n) is 5.34. The largest absolute Gasteiger partial charge is 0.348 e. The molecule has 0 saturated heterocycles. The number of carbonyl (C=O) groups is 2. The van der Waals surface area contributed by atoms with E-state index in [1.54, 1.807) is 6.92 Å². The van der Waals surface area contributed by atoms with Crippen molar-refractivity contribution in [3.05, 3.63) is 35.9 Å². The van der Waals surface area contributed by atoms with Crippen LogP contribution in [0.3, 0.4) is 0 Å². The van der Waals surface area contributed by atoms with E-state index in [9.17, 15) is 9.59 Å². The summed E-state index contributed by atoms with van der Waals surface area (Å²) in [5.41, 5.74) is 1.14. The fourth-order valence-electron chi connectivity index (χ4n) is 1.29. The topological polar surface area (TPSA) is 58.2 Å². The van der Waals surface area contributed by atoms with Crippen LogP contribution in [0.4, 0.5) is 0 Å². The Balaban J connectivity index is 2.26. The Morgan fingerprint density at radius 1 is 1.06 bits per heavy atom. The first kappa shape index (κ1) is 12.2. The molecule has 4 heteroatoms. The zero-order valence-corrected chi connectivity index (χ0v) is 9.32. The second-order valence-electron chi connectivity index (χ2n) is 3.35. The van der Waals surface area contributed by atoms with Crippen molar-refractivity contribution in [1.29, 1.82) is 0 Å². The van der Waals surface area contributed by atoms with Gasteiger partial charge in [0.2, 0.25) is 0 Å². The van der Waals surface area contributed by atoms with Gasteiger partial charge in [-0.25, -0.2) is 0 Å². The number of hydrogen-bond acceptors (Lipinski definition) is 2. The minimum absolute atomic E-state index is 0.463. The van der Waals surface area contributed by atoms with Crippen LogP contribution in [-0.4, -0.2) is 24.9 Å². The molecule has 16 heavy (non-hydrogen) atoms. The molecule has 0 aliphatic heterocycles. The van der Waals surface area contributed by atoms with E-state index in [4.69, 9.17) is 0 Å². The van der Waals surface area contributed by atoms with Crippen LogP contribution >= 0.6 is 0 Å². The average Bonchev–Trinajstić information content (AvgIpc) is 2.30. The summed E-state index contributed by atoms with van der Waals surface area (Å²) in [5.74, 6) is -1.15. The predicted octanol–water partition coefficient (Wildman–Crippen LogP) is 0.481. The quantitative estimate of drug-likeness (QED) is 0.725. The highest BCUT2D eigenvalue weighted by molar-refractivity contribution is 6.35. The summed E-state index contributed by atoms with van der Waals surface area (Å²) in [4.78, 5) is 22.3. The predicted molar refractivity (Wildman–Crippen MR) is 61.8 cm³/mol. The molecule has 86 valence electrons. The van der Waals surface area contributed by atoms with Crippen LogP contribution in [0.2, 0.25) is 0 Å². The summed E-state index contributed by atoms with van der Waals surface area (Å²) in [7, 11) is 0. The van der Waals surface area contributed by atoms with Crippen LogP contribution in [0.25, 0.3) is 0 Å². The first-order valence-corrected chi connectivity index (χ1v) is 5.34. The molecule has 0 heterocycles. The summed E-state index contributed by atoms with van der Waals surface area (Å²) in [6, 6.07) is 9.80. The van der Waals surface area contributed by atoms with E-state index in [2.05, 4.69) is 10.6 Å². The van der Waals surface area contributed by atoms with Crippen LogP contribution in [0.5, 0.6) is 0 Å². The van der Waals surface area contributed by atoms with E-state index in [1.165, 1.54) is 0 Å². The highest BCUT2D eigenvalue weighted by Gasteiger charge is 2.10. The molecule has 0 atom stereocenters. The Kier molecular flexibility index (Phi) is 5.05. The Morgan fingerprint density at radius 3 is 2.31 bits per heavy atom. The van der Waals surface area contributed by atoms with Gasteiger partial charge < -0.3 is 10.6 Å². The third-order valence-electron chi connectivity index (χ3n) is 2.09. The third-order valence-corrected chi connectivity index (χ3v) is 2.09. The number of amides is 2. The van der Waals surface area contributed by atoms with Gasteiger partial charge in [-0.1, -0.05) is 30.3 Å². The Labute approximate surface area is 95.0 Å². The van der Waals surface area contributed by atoms with Gasteiger partial charge in [-0.15, -0.1) is 0 Å². The summed E-state index contributed by atoms with van der Waals surface area (Å²) >= 11 is 0. The molecule has 2 amide bonds. The number of hydrogen-bond donors (Lipinski definition) is 2. The molecular weight excluding hydrogens is 204 g/mol. The van der Waals surface area contributed by atoms with Gasteiger partial charge in [0.05, 0.1) is 0 Å². The zero-order chi connectivity index (χ0) is 11.8. The Morgan fingerprint density at radius 2 is 1.69 bits per heavy atom. The Hall–Kier alpha value is -1.84. The van der Waals surface area contributed by atoms with E-state index in [0.717, 1.165) is 12.0 Å². The molecule has 1 aromatic rings. The lowest BCUT2D eigenvalue weighted by molar-refractivity contribution is -0.139. The standard InChI is InChI=1S/C12H16N2O2/c1-2-13-11(15)12(16)14-9-8-10-6-4-3-5-7-10/h3-7H,2,8-9H2,1H3,(H,13,15)(H,14,16). The van der Waals surface area contributed by atoms with Crippen molar-refractivity contribution < 1.29 is 9.59 Å². The molecule has 1 rings (SSSR count). The molecule has 2 N–H and O–H groups in total. The normalized spacial score (nSPS) is 9.56. The maximum absolute atomic E-state index is 11.2. The fraction of sp³-hybridized carbons (Fsp3) is 0.333. The molecule has 0 unspecified atom stereocenters.